The third-order valence-corrected chi connectivity index (χ3v) is 2.11. The normalized spacial score (nSPS) is 9.73. The highest BCUT2D eigenvalue weighted by atomic mass is 16.5. The molecule has 0 saturated heterocycles. The molecule has 0 fully saturated rings. The van der Waals surface area contributed by atoms with Gasteiger partial charge in [0.1, 0.15) is 5.75 Å². The van der Waals surface area contributed by atoms with Gasteiger partial charge < -0.3 is 9.84 Å². The number of aryl methyl sites for hydroxylation is 1. The molecule has 0 aliphatic heterocycles. The minimum absolute atomic E-state index is 0.101. The maximum absolute atomic E-state index is 11.3. The Morgan fingerprint density at radius 3 is 2.53 bits per heavy atom. The van der Waals surface area contributed by atoms with Crippen LogP contribution >= 0.6 is 0 Å². The molecule has 1 aromatic carbocycles. The van der Waals surface area contributed by atoms with E-state index in [1.165, 1.54) is 7.11 Å². The summed E-state index contributed by atoms with van der Waals surface area (Å²) in [4.78, 5) is 21.9. The number of rotatable bonds is 4. The lowest BCUT2D eigenvalue weighted by atomic mass is 10.0. The number of carbonyl (C=O) groups is 2. The highest BCUT2D eigenvalue weighted by Crippen LogP contribution is 2.20. The van der Waals surface area contributed by atoms with Crippen molar-refractivity contribution in [2.24, 2.45) is 0 Å². The molecule has 0 heterocycles. The molecular weight excluding hydrogens is 196 g/mol. The van der Waals surface area contributed by atoms with Gasteiger partial charge in [0.15, 0.2) is 0 Å². The fourth-order valence-electron chi connectivity index (χ4n) is 1.27. The molecule has 0 unspecified atom stereocenters. The van der Waals surface area contributed by atoms with E-state index in [9.17, 15) is 9.59 Å². The Hall–Kier alpha value is -1.84. The van der Waals surface area contributed by atoms with Gasteiger partial charge in [-0.1, -0.05) is 13.0 Å². The van der Waals surface area contributed by atoms with Crippen molar-refractivity contribution in [2.45, 2.75) is 13.3 Å². The zero-order chi connectivity index (χ0) is 11.4. The van der Waals surface area contributed by atoms with E-state index in [1.807, 2.05) is 6.92 Å². The molecule has 0 aliphatic carbocycles. The molecule has 80 valence electrons. The monoisotopic (exact) mass is 208 g/mol. The third kappa shape index (κ3) is 2.34. The summed E-state index contributed by atoms with van der Waals surface area (Å²) in [5.41, 5.74) is 1.00. The first kappa shape index (κ1) is 11.2. The number of hydrogen-bond acceptors (Lipinski definition) is 3. The Bertz CT molecular complexity index is 396. The lowest BCUT2D eigenvalue weighted by molar-refractivity contribution is -0.131. The van der Waals surface area contributed by atoms with Crippen molar-refractivity contribution < 1.29 is 19.4 Å². The fraction of sp³-hybridized carbons (Fsp3) is 0.273. The number of benzene rings is 1. The maximum Gasteiger partial charge on any atom is 0.377 e. The molecule has 1 aromatic rings. The molecule has 0 aliphatic rings. The van der Waals surface area contributed by atoms with Crippen LogP contribution in [0.25, 0.3) is 0 Å². The van der Waals surface area contributed by atoms with E-state index in [0.29, 0.717) is 5.75 Å². The molecule has 1 N–H and O–H groups in total. The van der Waals surface area contributed by atoms with Crippen LogP contribution in [-0.2, 0) is 11.2 Å². The second-order valence-corrected chi connectivity index (χ2v) is 3.02. The predicted octanol–water partition coefficient (Wildman–Crippen LogP) is 1.52. The van der Waals surface area contributed by atoms with Gasteiger partial charge in [-0.15, -0.1) is 0 Å². The SMILES string of the molecule is CCc1ccc(OC)c(C(=O)C(=O)O)c1. The minimum Gasteiger partial charge on any atom is -0.496 e. The van der Waals surface area contributed by atoms with Crippen LogP contribution in [0.4, 0.5) is 0 Å². The quantitative estimate of drug-likeness (QED) is 0.602. The van der Waals surface area contributed by atoms with E-state index in [1.54, 1.807) is 18.2 Å². The lowest BCUT2D eigenvalue weighted by Crippen LogP contribution is -2.14. The highest BCUT2D eigenvalue weighted by Gasteiger charge is 2.19. The Labute approximate surface area is 87.5 Å². The average molecular weight is 208 g/mol. The molecule has 1 rings (SSSR count). The number of ether oxygens (including phenoxy) is 1. The van der Waals surface area contributed by atoms with Crippen LogP contribution in [0.15, 0.2) is 18.2 Å². The molecule has 0 aromatic heterocycles. The van der Waals surface area contributed by atoms with Crippen LogP contribution in [0.3, 0.4) is 0 Å². The summed E-state index contributed by atoms with van der Waals surface area (Å²) in [6.07, 6.45) is 0.740. The second kappa shape index (κ2) is 4.59. The Morgan fingerprint density at radius 1 is 1.40 bits per heavy atom. The molecule has 4 nitrogen and oxygen atoms in total. The average Bonchev–Trinajstić information content (AvgIpc) is 2.27. The van der Waals surface area contributed by atoms with Crippen molar-refractivity contribution in [1.29, 1.82) is 0 Å². The molecule has 0 saturated carbocycles. The van der Waals surface area contributed by atoms with Gasteiger partial charge in [-0.25, -0.2) is 4.79 Å². The zero-order valence-corrected chi connectivity index (χ0v) is 8.61. The Balaban J connectivity index is 3.23. The van der Waals surface area contributed by atoms with E-state index in [2.05, 4.69) is 0 Å². The van der Waals surface area contributed by atoms with E-state index < -0.39 is 11.8 Å². The summed E-state index contributed by atoms with van der Waals surface area (Å²) in [6, 6.07) is 4.96. The molecule has 0 spiro atoms. The van der Waals surface area contributed by atoms with Crippen molar-refractivity contribution in [1.82, 2.24) is 0 Å². The van der Waals surface area contributed by atoms with Gasteiger partial charge in [0.25, 0.3) is 5.78 Å². The van der Waals surface area contributed by atoms with Gasteiger partial charge in [0.05, 0.1) is 12.7 Å². The van der Waals surface area contributed by atoms with E-state index in [-0.39, 0.29) is 5.56 Å². The van der Waals surface area contributed by atoms with E-state index in [4.69, 9.17) is 9.84 Å². The first-order chi connectivity index (χ1) is 7.10. The summed E-state index contributed by atoms with van der Waals surface area (Å²) in [7, 11) is 1.40. The van der Waals surface area contributed by atoms with Crippen LogP contribution in [0.5, 0.6) is 5.75 Å². The zero-order valence-electron chi connectivity index (χ0n) is 8.61. The summed E-state index contributed by atoms with van der Waals surface area (Å²) >= 11 is 0. The topological polar surface area (TPSA) is 63.6 Å². The molecule has 0 atom stereocenters. The number of aliphatic carboxylic acids is 1. The van der Waals surface area contributed by atoms with Gasteiger partial charge in [0.2, 0.25) is 0 Å². The molecule has 0 radical (unpaired) electrons. The molecule has 0 bridgehead atoms. The lowest BCUT2D eigenvalue weighted by Gasteiger charge is -2.07. The molecule has 4 heteroatoms. The standard InChI is InChI=1S/C11H12O4/c1-3-7-4-5-9(15-2)8(6-7)10(12)11(13)14/h4-6H,3H2,1-2H3,(H,13,14). The second-order valence-electron chi connectivity index (χ2n) is 3.02. The number of Topliss-reactive ketones (excluding diaryl/α,β-unsaturated/α-hetero) is 1. The molecule has 0 amide bonds. The van der Waals surface area contributed by atoms with Crippen LogP contribution in [-0.4, -0.2) is 24.0 Å². The molecular formula is C11H12O4. The maximum atomic E-state index is 11.3. The summed E-state index contributed by atoms with van der Waals surface area (Å²) in [5, 5.41) is 8.61. The van der Waals surface area contributed by atoms with Crippen LogP contribution in [0, 0.1) is 0 Å². The number of carboxylic acid groups (broad SMARTS) is 1. The number of carboxylic acids is 1. The number of hydrogen-bond donors (Lipinski definition) is 1. The van der Waals surface area contributed by atoms with Crippen molar-refractivity contribution in [2.75, 3.05) is 7.11 Å². The van der Waals surface area contributed by atoms with Gasteiger partial charge >= 0.3 is 5.97 Å². The van der Waals surface area contributed by atoms with Crippen LogP contribution < -0.4 is 4.74 Å². The van der Waals surface area contributed by atoms with Crippen molar-refractivity contribution in [3.05, 3.63) is 29.3 Å². The van der Waals surface area contributed by atoms with Gasteiger partial charge in [0, 0.05) is 0 Å². The number of carbonyl (C=O) groups excluding carboxylic acids is 1. The van der Waals surface area contributed by atoms with Crippen molar-refractivity contribution in [3.63, 3.8) is 0 Å². The number of ketones is 1. The Kier molecular flexibility index (Phi) is 3.44. The van der Waals surface area contributed by atoms with E-state index >= 15 is 0 Å². The summed E-state index contributed by atoms with van der Waals surface area (Å²) < 4.78 is 4.93. The van der Waals surface area contributed by atoms with Gasteiger partial charge in [-0.2, -0.15) is 0 Å². The van der Waals surface area contributed by atoms with Crippen LogP contribution in [0.1, 0.15) is 22.8 Å². The van der Waals surface area contributed by atoms with Gasteiger partial charge in [-0.3, -0.25) is 4.79 Å². The van der Waals surface area contributed by atoms with Gasteiger partial charge in [-0.05, 0) is 24.1 Å². The molecule has 15 heavy (non-hydrogen) atoms. The first-order valence-corrected chi connectivity index (χ1v) is 4.54. The predicted molar refractivity (Wildman–Crippen MR) is 54.3 cm³/mol. The fourth-order valence-corrected chi connectivity index (χ4v) is 1.27. The Morgan fingerprint density at radius 2 is 2.07 bits per heavy atom. The highest BCUT2D eigenvalue weighted by molar-refractivity contribution is 6.40. The smallest absolute Gasteiger partial charge is 0.377 e. The third-order valence-electron chi connectivity index (χ3n) is 2.11. The van der Waals surface area contributed by atoms with Crippen molar-refractivity contribution in [3.8, 4) is 5.75 Å². The van der Waals surface area contributed by atoms with Crippen LogP contribution in [0.2, 0.25) is 0 Å². The minimum atomic E-state index is -1.47. The summed E-state index contributed by atoms with van der Waals surface area (Å²) in [5.74, 6) is -2.12. The van der Waals surface area contributed by atoms with E-state index in [0.717, 1.165) is 12.0 Å². The number of methoxy groups -OCH3 is 1. The largest absolute Gasteiger partial charge is 0.496 e. The first-order valence-electron chi connectivity index (χ1n) is 4.54. The summed E-state index contributed by atoms with van der Waals surface area (Å²) in [6.45, 7) is 1.93. The van der Waals surface area contributed by atoms with Crippen molar-refractivity contribution >= 4 is 11.8 Å².